The molecule has 0 saturated heterocycles. The molecule has 128 valence electrons. The zero-order chi connectivity index (χ0) is 18.0. The van der Waals surface area contributed by atoms with Crippen LogP contribution in [0, 0.1) is 0 Å². The van der Waals surface area contributed by atoms with Gasteiger partial charge in [0.15, 0.2) is 0 Å². The van der Waals surface area contributed by atoms with E-state index in [1.165, 1.54) is 30.5 Å². The lowest BCUT2D eigenvalue weighted by Crippen LogP contribution is -2.40. The number of aromatic nitrogens is 1. The van der Waals surface area contributed by atoms with Gasteiger partial charge in [0.2, 0.25) is 10.0 Å². The number of sulfonamides is 1. The number of carbonyl (C=O) groups excluding carboxylic acids is 1. The van der Waals surface area contributed by atoms with Crippen LogP contribution < -0.4 is 15.8 Å². The normalized spacial score (nSPS) is 12.0. The van der Waals surface area contributed by atoms with Crippen LogP contribution in [0.25, 0.3) is 0 Å². The fourth-order valence-electron chi connectivity index (χ4n) is 1.93. The van der Waals surface area contributed by atoms with Crippen molar-refractivity contribution in [1.82, 2.24) is 9.71 Å². The van der Waals surface area contributed by atoms with Crippen molar-refractivity contribution < 1.29 is 13.2 Å². The largest absolute Gasteiger partial charge is 0.384 e. The second-order valence-electron chi connectivity index (χ2n) is 6.31. The number of nitrogen functional groups attached to an aromatic ring is 1. The van der Waals surface area contributed by atoms with Crippen LogP contribution in [0.4, 0.5) is 11.5 Å². The first-order chi connectivity index (χ1) is 11.1. The van der Waals surface area contributed by atoms with E-state index in [4.69, 9.17) is 5.73 Å². The van der Waals surface area contributed by atoms with E-state index < -0.39 is 15.6 Å². The van der Waals surface area contributed by atoms with E-state index in [0.717, 1.165) is 0 Å². The van der Waals surface area contributed by atoms with Gasteiger partial charge in [0.1, 0.15) is 5.82 Å². The molecule has 2 rings (SSSR count). The summed E-state index contributed by atoms with van der Waals surface area (Å²) in [7, 11) is -3.63. The average molecular weight is 348 g/mol. The summed E-state index contributed by atoms with van der Waals surface area (Å²) in [6, 6.07) is 8.90. The molecule has 2 aromatic rings. The van der Waals surface area contributed by atoms with Gasteiger partial charge in [-0.05, 0) is 57.2 Å². The summed E-state index contributed by atoms with van der Waals surface area (Å²) in [4.78, 5) is 16.1. The van der Waals surface area contributed by atoms with Gasteiger partial charge >= 0.3 is 0 Å². The SMILES string of the molecule is CC(C)(C)NS(=O)(=O)c1ccc(C(=O)Nc2ccc(N)nc2)cc1. The monoisotopic (exact) mass is 348 g/mol. The van der Waals surface area contributed by atoms with Crippen LogP contribution in [0.15, 0.2) is 47.5 Å². The minimum absolute atomic E-state index is 0.100. The Labute approximate surface area is 141 Å². The first-order valence-corrected chi connectivity index (χ1v) is 8.72. The molecule has 0 aliphatic rings. The molecule has 24 heavy (non-hydrogen) atoms. The van der Waals surface area contributed by atoms with E-state index in [1.807, 2.05) is 0 Å². The number of nitrogens with two attached hydrogens (primary N) is 1. The zero-order valence-electron chi connectivity index (χ0n) is 13.7. The maximum atomic E-state index is 12.2. The van der Waals surface area contributed by atoms with Gasteiger partial charge in [-0.3, -0.25) is 4.79 Å². The van der Waals surface area contributed by atoms with Gasteiger partial charge in [-0.25, -0.2) is 18.1 Å². The third-order valence-electron chi connectivity index (χ3n) is 2.91. The number of hydrogen-bond acceptors (Lipinski definition) is 5. The van der Waals surface area contributed by atoms with Crippen LogP contribution in [-0.4, -0.2) is 24.8 Å². The lowest BCUT2D eigenvalue weighted by Gasteiger charge is -2.20. The molecule has 1 heterocycles. The van der Waals surface area contributed by atoms with Crippen molar-refractivity contribution >= 4 is 27.4 Å². The molecule has 7 nitrogen and oxygen atoms in total. The molecule has 8 heteroatoms. The Morgan fingerprint density at radius 1 is 1.08 bits per heavy atom. The number of pyridine rings is 1. The third-order valence-corrected chi connectivity index (χ3v) is 4.69. The minimum Gasteiger partial charge on any atom is -0.384 e. The summed E-state index contributed by atoms with van der Waals surface area (Å²) in [5, 5.41) is 2.66. The highest BCUT2D eigenvalue weighted by Crippen LogP contribution is 2.15. The quantitative estimate of drug-likeness (QED) is 0.782. The molecule has 0 saturated carbocycles. The zero-order valence-corrected chi connectivity index (χ0v) is 14.5. The van der Waals surface area contributed by atoms with Gasteiger partial charge in [0, 0.05) is 11.1 Å². The van der Waals surface area contributed by atoms with Gasteiger partial charge in [0.25, 0.3) is 5.91 Å². The summed E-state index contributed by atoms with van der Waals surface area (Å²) in [6.45, 7) is 5.27. The summed E-state index contributed by atoms with van der Waals surface area (Å²) < 4.78 is 27.0. The number of carbonyl (C=O) groups is 1. The Morgan fingerprint density at radius 2 is 1.71 bits per heavy atom. The van der Waals surface area contributed by atoms with Gasteiger partial charge in [-0.1, -0.05) is 0 Å². The fourth-order valence-corrected chi connectivity index (χ4v) is 3.35. The molecule has 0 bridgehead atoms. The minimum atomic E-state index is -3.63. The summed E-state index contributed by atoms with van der Waals surface area (Å²) in [5.41, 5.74) is 5.73. The summed E-state index contributed by atoms with van der Waals surface area (Å²) in [5.74, 6) is -0.0109. The smallest absolute Gasteiger partial charge is 0.255 e. The van der Waals surface area contributed by atoms with Crippen molar-refractivity contribution in [3.63, 3.8) is 0 Å². The van der Waals surface area contributed by atoms with E-state index in [9.17, 15) is 13.2 Å². The predicted molar refractivity (Wildman–Crippen MR) is 93.1 cm³/mol. The fraction of sp³-hybridized carbons (Fsp3) is 0.250. The van der Waals surface area contributed by atoms with Crippen molar-refractivity contribution in [3.05, 3.63) is 48.2 Å². The standard InChI is InChI=1S/C16H20N4O3S/c1-16(2,3)20-24(22,23)13-7-4-11(5-8-13)15(21)19-12-6-9-14(17)18-10-12/h4-10,20H,1-3H3,(H2,17,18)(H,19,21). The van der Waals surface area contributed by atoms with Crippen LogP contribution in [0.3, 0.4) is 0 Å². The van der Waals surface area contributed by atoms with E-state index in [-0.39, 0.29) is 10.8 Å². The second kappa shape index (κ2) is 6.58. The lowest BCUT2D eigenvalue weighted by atomic mass is 10.1. The summed E-state index contributed by atoms with van der Waals surface area (Å²) in [6.07, 6.45) is 1.44. The van der Waals surface area contributed by atoms with E-state index in [2.05, 4.69) is 15.0 Å². The molecule has 1 amide bonds. The molecular formula is C16H20N4O3S. The Bertz CT molecular complexity index is 823. The van der Waals surface area contributed by atoms with Gasteiger partial charge in [0.05, 0.1) is 16.8 Å². The highest BCUT2D eigenvalue weighted by atomic mass is 32.2. The Hall–Kier alpha value is -2.45. The lowest BCUT2D eigenvalue weighted by molar-refractivity contribution is 0.102. The second-order valence-corrected chi connectivity index (χ2v) is 7.99. The number of rotatable bonds is 4. The third kappa shape index (κ3) is 4.77. The van der Waals surface area contributed by atoms with Crippen molar-refractivity contribution in [2.24, 2.45) is 0 Å². The number of nitrogens with one attached hydrogen (secondary N) is 2. The van der Waals surface area contributed by atoms with Crippen LogP contribution >= 0.6 is 0 Å². The van der Waals surface area contributed by atoms with Crippen LogP contribution in [-0.2, 0) is 10.0 Å². The first-order valence-electron chi connectivity index (χ1n) is 7.24. The topological polar surface area (TPSA) is 114 Å². The highest BCUT2D eigenvalue weighted by molar-refractivity contribution is 7.89. The van der Waals surface area contributed by atoms with Crippen LogP contribution in [0.1, 0.15) is 31.1 Å². The molecule has 4 N–H and O–H groups in total. The predicted octanol–water partition coefficient (Wildman–Crippen LogP) is 1.99. The Kier molecular flexibility index (Phi) is 4.91. The van der Waals surface area contributed by atoms with Crippen molar-refractivity contribution in [2.45, 2.75) is 31.2 Å². The van der Waals surface area contributed by atoms with Crippen LogP contribution in [0.2, 0.25) is 0 Å². The van der Waals surface area contributed by atoms with Crippen molar-refractivity contribution in [1.29, 1.82) is 0 Å². The average Bonchev–Trinajstić information content (AvgIpc) is 2.47. The number of nitrogens with zero attached hydrogens (tertiary/aromatic N) is 1. The maximum absolute atomic E-state index is 12.2. The molecule has 0 radical (unpaired) electrons. The van der Waals surface area contributed by atoms with Crippen molar-refractivity contribution in [3.8, 4) is 0 Å². The summed E-state index contributed by atoms with van der Waals surface area (Å²) >= 11 is 0. The highest BCUT2D eigenvalue weighted by Gasteiger charge is 2.22. The van der Waals surface area contributed by atoms with E-state index >= 15 is 0 Å². The first kappa shape index (κ1) is 17.9. The van der Waals surface area contributed by atoms with Gasteiger partial charge < -0.3 is 11.1 Å². The van der Waals surface area contributed by atoms with Crippen molar-refractivity contribution in [2.75, 3.05) is 11.1 Å². The molecule has 1 aromatic carbocycles. The number of anilines is 2. The Balaban J connectivity index is 2.14. The van der Waals surface area contributed by atoms with E-state index in [1.54, 1.807) is 32.9 Å². The number of hydrogen-bond donors (Lipinski definition) is 3. The molecular weight excluding hydrogens is 328 g/mol. The molecule has 0 aliphatic heterocycles. The van der Waals surface area contributed by atoms with Crippen LogP contribution in [0.5, 0.6) is 0 Å². The molecule has 0 aliphatic carbocycles. The number of benzene rings is 1. The number of amides is 1. The molecule has 0 atom stereocenters. The molecule has 0 unspecified atom stereocenters. The van der Waals surface area contributed by atoms with Gasteiger partial charge in [-0.15, -0.1) is 0 Å². The maximum Gasteiger partial charge on any atom is 0.255 e. The molecule has 1 aromatic heterocycles. The van der Waals surface area contributed by atoms with E-state index in [0.29, 0.717) is 17.1 Å². The molecule has 0 spiro atoms. The molecule has 0 fully saturated rings. The van der Waals surface area contributed by atoms with Gasteiger partial charge in [-0.2, -0.15) is 0 Å². The Morgan fingerprint density at radius 3 is 2.21 bits per heavy atom.